The number of fused-ring (bicyclic) bond motifs is 1. The van der Waals surface area contributed by atoms with Crippen LogP contribution in [0.25, 0.3) is 10.4 Å². The van der Waals surface area contributed by atoms with Gasteiger partial charge in [0.1, 0.15) is 31.5 Å². The minimum Gasteiger partial charge on any atom is -0.444 e. The summed E-state index contributed by atoms with van der Waals surface area (Å²) in [7, 11) is 0. The number of benzene rings is 2. The first-order chi connectivity index (χ1) is 18.4. The molecule has 0 aliphatic carbocycles. The number of amides is 2. The van der Waals surface area contributed by atoms with Gasteiger partial charge in [-0.2, -0.15) is 0 Å². The summed E-state index contributed by atoms with van der Waals surface area (Å²) in [5.74, 6) is -0.907. The number of carbonyl (C=O) groups excluding carboxylic acids is 2. The smallest absolute Gasteiger partial charge is 0.419 e. The number of imide groups is 1. The number of rotatable bonds is 10. The number of carbonyl (C=O) groups is 2. The summed E-state index contributed by atoms with van der Waals surface area (Å²) in [6.07, 6.45) is -4.74. The molecule has 2 aromatic rings. The van der Waals surface area contributed by atoms with Crippen LogP contribution in [-0.2, 0) is 41.6 Å². The molecule has 2 amide bonds. The summed E-state index contributed by atoms with van der Waals surface area (Å²) in [6.45, 7) is 3.34. The van der Waals surface area contributed by atoms with E-state index < -0.39 is 42.6 Å². The van der Waals surface area contributed by atoms with Gasteiger partial charge in [0.15, 0.2) is 12.1 Å². The molecule has 38 heavy (non-hydrogen) atoms. The lowest BCUT2D eigenvalue weighted by Gasteiger charge is -2.28. The number of azide groups is 1. The topological polar surface area (TPSA) is 142 Å². The van der Waals surface area contributed by atoms with Crippen molar-refractivity contribution < 1.29 is 38.0 Å². The first kappa shape index (κ1) is 27.4. The molecule has 2 aliphatic heterocycles. The van der Waals surface area contributed by atoms with E-state index >= 15 is 0 Å². The van der Waals surface area contributed by atoms with Crippen molar-refractivity contribution in [2.24, 2.45) is 5.11 Å². The fraction of sp³-hybridized carbons (Fsp3) is 0.462. The highest BCUT2D eigenvalue weighted by atomic mass is 16.8. The van der Waals surface area contributed by atoms with E-state index in [2.05, 4.69) is 10.0 Å². The molecule has 0 unspecified atom stereocenters. The molecule has 4 atom stereocenters. The third-order valence-electron chi connectivity index (χ3n) is 5.87. The predicted octanol–water partition coefficient (Wildman–Crippen LogP) is 4.53. The molecule has 2 heterocycles. The van der Waals surface area contributed by atoms with E-state index in [1.807, 2.05) is 36.4 Å². The van der Waals surface area contributed by atoms with Gasteiger partial charge in [-0.15, -0.1) is 0 Å². The summed E-state index contributed by atoms with van der Waals surface area (Å²) in [5.41, 5.74) is 10.1. The average Bonchev–Trinajstić information content (AvgIpc) is 3.39. The van der Waals surface area contributed by atoms with Crippen molar-refractivity contribution in [2.45, 2.75) is 57.5 Å². The van der Waals surface area contributed by atoms with Crippen LogP contribution in [0.2, 0.25) is 0 Å². The van der Waals surface area contributed by atoms with E-state index in [0.29, 0.717) is 0 Å². The Morgan fingerprint density at radius 2 is 1.55 bits per heavy atom. The van der Waals surface area contributed by atoms with Gasteiger partial charge in [-0.1, -0.05) is 65.8 Å². The molecule has 0 saturated carbocycles. The van der Waals surface area contributed by atoms with Gasteiger partial charge in [0, 0.05) is 11.5 Å². The Morgan fingerprint density at radius 1 is 0.974 bits per heavy atom. The Kier molecular flexibility index (Phi) is 9.16. The van der Waals surface area contributed by atoms with Crippen LogP contribution >= 0.6 is 0 Å². The first-order valence-corrected chi connectivity index (χ1v) is 12.2. The monoisotopic (exact) mass is 526 g/mol. The Hall–Kier alpha value is -3.67. The maximum atomic E-state index is 13.1. The summed E-state index contributed by atoms with van der Waals surface area (Å²) in [4.78, 5) is 29.8. The molecule has 0 N–H and O–H groups in total. The number of ether oxygens (including phenoxy) is 6. The molecule has 12 heteroatoms. The fourth-order valence-corrected chi connectivity index (χ4v) is 4.17. The minimum absolute atomic E-state index is 0.0363. The fourth-order valence-electron chi connectivity index (χ4n) is 4.17. The van der Waals surface area contributed by atoms with Gasteiger partial charge in [0.05, 0.1) is 13.2 Å². The van der Waals surface area contributed by atoms with Crippen LogP contribution in [0.5, 0.6) is 0 Å². The second kappa shape index (κ2) is 12.7. The Morgan fingerprint density at radius 3 is 2.11 bits per heavy atom. The minimum atomic E-state index is -0.907. The van der Waals surface area contributed by atoms with E-state index in [1.54, 1.807) is 38.1 Å². The third-order valence-corrected chi connectivity index (χ3v) is 5.87. The lowest BCUT2D eigenvalue weighted by atomic mass is 10.1. The third kappa shape index (κ3) is 7.21. The zero-order valence-electron chi connectivity index (χ0n) is 21.2. The van der Waals surface area contributed by atoms with E-state index in [0.717, 1.165) is 16.0 Å². The molecule has 0 aromatic heterocycles. The van der Waals surface area contributed by atoms with Crippen molar-refractivity contribution in [3.8, 4) is 0 Å². The average molecular weight is 527 g/mol. The van der Waals surface area contributed by atoms with Gasteiger partial charge >= 0.3 is 12.2 Å². The normalized spacial score (nSPS) is 23.2. The molecule has 2 fully saturated rings. The van der Waals surface area contributed by atoms with E-state index in [-0.39, 0.29) is 32.9 Å². The van der Waals surface area contributed by atoms with Crippen LogP contribution < -0.4 is 0 Å². The van der Waals surface area contributed by atoms with Crippen molar-refractivity contribution >= 4 is 12.2 Å². The molecule has 0 radical (unpaired) electrons. The largest absolute Gasteiger partial charge is 0.444 e. The SMILES string of the molecule is CC1(C)O[C@H]2O[C@H](CN(C(=O)OCc3ccccc3)C(=O)OCc3ccccc3)[C@@H](OCCN=[N+]=[N-])[C@H]2O1. The van der Waals surface area contributed by atoms with Gasteiger partial charge < -0.3 is 28.4 Å². The summed E-state index contributed by atoms with van der Waals surface area (Å²) in [6, 6.07) is 18.2. The lowest BCUT2D eigenvalue weighted by Crippen LogP contribution is -2.47. The molecule has 0 spiro atoms. The molecular weight excluding hydrogens is 496 g/mol. The predicted molar refractivity (Wildman–Crippen MR) is 132 cm³/mol. The maximum Gasteiger partial charge on any atom is 0.419 e. The van der Waals surface area contributed by atoms with Gasteiger partial charge in [0.25, 0.3) is 0 Å². The standard InChI is InChI=1S/C26H30N4O8/c1-26(2)37-22-21(33-14-13-28-29-27)20(36-23(22)38-26)15-30(24(31)34-16-18-9-5-3-6-10-18)25(32)35-17-19-11-7-4-8-12-19/h3-12,20-23H,13-17H2,1-2H3/t20-,21-,22-,23-/m1/s1. The van der Waals surface area contributed by atoms with Crippen molar-refractivity contribution in [1.29, 1.82) is 0 Å². The zero-order chi connectivity index (χ0) is 27.0. The van der Waals surface area contributed by atoms with E-state index in [1.165, 1.54) is 0 Å². The quantitative estimate of drug-likeness (QED) is 0.190. The Bertz CT molecular complexity index is 1070. The molecule has 0 bridgehead atoms. The highest BCUT2D eigenvalue weighted by Crippen LogP contribution is 2.39. The molecular formula is C26H30N4O8. The highest BCUT2D eigenvalue weighted by molar-refractivity contribution is 5.87. The molecule has 2 saturated heterocycles. The van der Waals surface area contributed by atoms with Gasteiger partial charge in [-0.3, -0.25) is 0 Å². The van der Waals surface area contributed by atoms with Crippen LogP contribution in [0.4, 0.5) is 9.59 Å². The number of nitrogens with zero attached hydrogens (tertiary/aromatic N) is 4. The van der Waals surface area contributed by atoms with E-state index in [4.69, 9.17) is 34.0 Å². The second-order valence-electron chi connectivity index (χ2n) is 9.12. The number of hydrogen-bond donors (Lipinski definition) is 0. The van der Waals surface area contributed by atoms with Gasteiger partial charge in [0.2, 0.25) is 0 Å². The molecule has 202 valence electrons. The molecule has 12 nitrogen and oxygen atoms in total. The van der Waals surface area contributed by atoms with Crippen molar-refractivity contribution in [2.75, 3.05) is 19.7 Å². The Balaban J connectivity index is 1.48. The van der Waals surface area contributed by atoms with Crippen LogP contribution in [0, 0.1) is 0 Å². The first-order valence-electron chi connectivity index (χ1n) is 12.2. The summed E-state index contributed by atoms with van der Waals surface area (Å²) >= 11 is 0. The van der Waals surface area contributed by atoms with E-state index in [9.17, 15) is 9.59 Å². The highest BCUT2D eigenvalue weighted by Gasteiger charge is 2.56. The molecule has 2 aromatic carbocycles. The van der Waals surface area contributed by atoms with Crippen molar-refractivity contribution in [1.82, 2.24) is 4.90 Å². The number of hydrogen-bond acceptors (Lipinski definition) is 9. The van der Waals surface area contributed by atoms with Crippen molar-refractivity contribution in [3.63, 3.8) is 0 Å². The van der Waals surface area contributed by atoms with Crippen molar-refractivity contribution in [3.05, 3.63) is 82.2 Å². The van der Waals surface area contributed by atoms with Crippen LogP contribution in [0.3, 0.4) is 0 Å². The van der Waals surface area contributed by atoms with Crippen LogP contribution in [0.1, 0.15) is 25.0 Å². The zero-order valence-corrected chi connectivity index (χ0v) is 21.2. The summed E-state index contributed by atoms with van der Waals surface area (Å²) in [5, 5.41) is 3.48. The molecule has 2 aliphatic rings. The van der Waals surface area contributed by atoms with Crippen LogP contribution in [0.15, 0.2) is 65.8 Å². The maximum absolute atomic E-state index is 13.1. The second-order valence-corrected chi connectivity index (χ2v) is 9.12. The van der Waals surface area contributed by atoms with Crippen LogP contribution in [-0.4, -0.2) is 67.2 Å². The van der Waals surface area contributed by atoms with Gasteiger partial charge in [-0.05, 0) is 30.5 Å². The lowest BCUT2D eigenvalue weighted by molar-refractivity contribution is -0.218. The van der Waals surface area contributed by atoms with Gasteiger partial charge in [-0.25, -0.2) is 14.5 Å². The summed E-state index contributed by atoms with van der Waals surface area (Å²) < 4.78 is 34.6. The molecule has 4 rings (SSSR count). The Labute approximate surface area is 219 Å².